The van der Waals surface area contributed by atoms with Crippen molar-refractivity contribution < 1.29 is 14.7 Å². The molecule has 3 N–H and O–H groups in total. The van der Waals surface area contributed by atoms with Crippen molar-refractivity contribution in [1.29, 1.82) is 0 Å². The van der Waals surface area contributed by atoms with Crippen molar-refractivity contribution in [2.45, 2.75) is 13.3 Å². The molecule has 24 heavy (non-hydrogen) atoms. The minimum absolute atomic E-state index is 0.0914. The zero-order valence-corrected chi connectivity index (χ0v) is 13.7. The molecule has 1 aromatic carbocycles. The third-order valence-corrected chi connectivity index (χ3v) is 3.20. The van der Waals surface area contributed by atoms with Crippen LogP contribution < -0.4 is 10.6 Å². The lowest BCUT2D eigenvalue weighted by Gasteiger charge is -2.11. The number of nitrogens with one attached hydrogen (secondary N) is 2. The lowest BCUT2D eigenvalue weighted by molar-refractivity contribution is -0.111. The van der Waals surface area contributed by atoms with E-state index in [1.165, 1.54) is 30.5 Å². The summed E-state index contributed by atoms with van der Waals surface area (Å²) < 4.78 is 0. The highest BCUT2D eigenvalue weighted by molar-refractivity contribution is 6.30. The fourth-order valence-corrected chi connectivity index (χ4v) is 1.97. The summed E-state index contributed by atoms with van der Waals surface area (Å²) in [6.07, 6.45) is 5.21. The van der Waals surface area contributed by atoms with E-state index >= 15 is 0 Å². The van der Waals surface area contributed by atoms with Gasteiger partial charge in [-0.2, -0.15) is 0 Å². The quantitative estimate of drug-likeness (QED) is 0.570. The van der Waals surface area contributed by atoms with E-state index in [4.69, 9.17) is 11.6 Å². The number of aromatic hydroxyl groups is 1. The van der Waals surface area contributed by atoms with Gasteiger partial charge in [0, 0.05) is 6.20 Å². The summed E-state index contributed by atoms with van der Waals surface area (Å²) in [5, 5.41) is 15.3. The number of phenolic OH excluding ortho intramolecular Hbond substituents is 1. The van der Waals surface area contributed by atoms with Crippen LogP contribution in [0.4, 0.5) is 11.5 Å². The van der Waals surface area contributed by atoms with Crippen LogP contribution in [0, 0.1) is 0 Å². The molecule has 2 aromatic rings. The van der Waals surface area contributed by atoms with Gasteiger partial charge in [-0.25, -0.2) is 4.98 Å². The van der Waals surface area contributed by atoms with E-state index in [-0.39, 0.29) is 22.9 Å². The van der Waals surface area contributed by atoms with Crippen LogP contribution in [0.25, 0.3) is 0 Å². The number of carbonyl (C=O) groups is 2. The first-order chi connectivity index (χ1) is 11.5. The van der Waals surface area contributed by atoms with Crippen molar-refractivity contribution in [2.24, 2.45) is 0 Å². The van der Waals surface area contributed by atoms with Crippen molar-refractivity contribution in [3.05, 3.63) is 59.3 Å². The first-order valence-corrected chi connectivity index (χ1v) is 7.61. The van der Waals surface area contributed by atoms with E-state index in [1.807, 2.05) is 6.92 Å². The number of rotatable bonds is 5. The molecule has 2 amide bonds. The Kier molecular flexibility index (Phi) is 5.92. The Labute approximate surface area is 144 Å². The van der Waals surface area contributed by atoms with Crippen molar-refractivity contribution in [1.82, 2.24) is 4.98 Å². The summed E-state index contributed by atoms with van der Waals surface area (Å²) in [5.41, 5.74) is 0.398. The van der Waals surface area contributed by atoms with Gasteiger partial charge in [-0.15, -0.1) is 0 Å². The van der Waals surface area contributed by atoms with Crippen LogP contribution >= 0.6 is 11.6 Å². The molecule has 0 radical (unpaired) electrons. The molecule has 124 valence electrons. The molecule has 1 heterocycles. The van der Waals surface area contributed by atoms with Gasteiger partial charge in [0.05, 0.1) is 16.3 Å². The number of pyridine rings is 1. The SMILES string of the molecule is CC/C=C/C(=O)Nc1ccc(O)cc1C(=O)Nc1ccc(Cl)cn1. The molecule has 0 unspecified atom stereocenters. The Hall–Kier alpha value is -2.86. The number of hydrogen-bond donors (Lipinski definition) is 3. The summed E-state index contributed by atoms with van der Waals surface area (Å²) in [5.74, 6) is -0.668. The van der Waals surface area contributed by atoms with Gasteiger partial charge >= 0.3 is 0 Å². The van der Waals surface area contributed by atoms with Crippen LogP contribution in [0.5, 0.6) is 5.75 Å². The van der Waals surface area contributed by atoms with Gasteiger partial charge in [0.25, 0.3) is 5.91 Å². The Morgan fingerprint density at radius 2 is 2.04 bits per heavy atom. The highest BCUT2D eigenvalue weighted by Gasteiger charge is 2.14. The molecule has 0 aliphatic carbocycles. The number of nitrogens with zero attached hydrogens (tertiary/aromatic N) is 1. The van der Waals surface area contributed by atoms with Gasteiger partial charge < -0.3 is 15.7 Å². The van der Waals surface area contributed by atoms with Gasteiger partial charge in [-0.1, -0.05) is 24.6 Å². The van der Waals surface area contributed by atoms with E-state index in [0.717, 1.165) is 6.42 Å². The van der Waals surface area contributed by atoms with Gasteiger partial charge in [0.15, 0.2) is 0 Å². The van der Waals surface area contributed by atoms with Gasteiger partial charge in [0.1, 0.15) is 11.6 Å². The number of benzene rings is 1. The smallest absolute Gasteiger partial charge is 0.259 e. The Balaban J connectivity index is 2.22. The molecule has 0 bridgehead atoms. The van der Waals surface area contributed by atoms with Crippen molar-refractivity contribution in [2.75, 3.05) is 10.6 Å². The number of hydrogen-bond acceptors (Lipinski definition) is 4. The maximum absolute atomic E-state index is 12.4. The van der Waals surface area contributed by atoms with E-state index in [9.17, 15) is 14.7 Å². The van der Waals surface area contributed by atoms with Gasteiger partial charge in [-0.05, 0) is 42.8 Å². The third-order valence-electron chi connectivity index (χ3n) is 2.98. The Morgan fingerprint density at radius 3 is 2.71 bits per heavy atom. The van der Waals surface area contributed by atoms with Crippen LogP contribution in [-0.2, 0) is 4.79 Å². The standard InChI is InChI=1S/C17H16ClN3O3/c1-2-3-4-16(23)20-14-7-6-12(22)9-13(14)17(24)21-15-8-5-11(18)10-19-15/h3-10,22H,2H2,1H3,(H,20,23)(H,19,21,24)/b4-3+. The molecule has 0 aliphatic rings. The number of anilines is 2. The van der Waals surface area contributed by atoms with Crippen molar-refractivity contribution >= 4 is 34.9 Å². The van der Waals surface area contributed by atoms with Crippen LogP contribution in [-0.4, -0.2) is 21.9 Å². The van der Waals surface area contributed by atoms with E-state index in [2.05, 4.69) is 15.6 Å². The van der Waals surface area contributed by atoms with Crippen molar-refractivity contribution in [3.63, 3.8) is 0 Å². The number of allylic oxidation sites excluding steroid dienone is 1. The molecule has 0 atom stereocenters. The molecule has 1 aromatic heterocycles. The number of amides is 2. The minimum atomic E-state index is -0.518. The summed E-state index contributed by atoms with van der Waals surface area (Å²) >= 11 is 5.75. The highest BCUT2D eigenvalue weighted by atomic mass is 35.5. The number of halogens is 1. The molecular weight excluding hydrogens is 330 g/mol. The summed E-state index contributed by atoms with van der Waals surface area (Å²) in [6, 6.07) is 7.24. The average Bonchev–Trinajstić information content (AvgIpc) is 2.56. The number of phenols is 1. The molecule has 0 fully saturated rings. The fourth-order valence-electron chi connectivity index (χ4n) is 1.86. The molecule has 0 spiro atoms. The fraction of sp³-hybridized carbons (Fsp3) is 0.118. The molecule has 7 heteroatoms. The Morgan fingerprint density at radius 1 is 1.25 bits per heavy atom. The molecule has 0 saturated heterocycles. The lowest BCUT2D eigenvalue weighted by atomic mass is 10.1. The zero-order valence-electron chi connectivity index (χ0n) is 12.9. The topological polar surface area (TPSA) is 91.3 Å². The largest absolute Gasteiger partial charge is 0.508 e. The highest BCUT2D eigenvalue weighted by Crippen LogP contribution is 2.22. The lowest BCUT2D eigenvalue weighted by Crippen LogP contribution is -2.17. The second-order valence-corrected chi connectivity index (χ2v) is 5.28. The van der Waals surface area contributed by atoms with Crippen molar-refractivity contribution in [3.8, 4) is 5.75 Å². The van der Waals surface area contributed by atoms with E-state index in [1.54, 1.807) is 18.2 Å². The van der Waals surface area contributed by atoms with Crippen LogP contribution in [0.2, 0.25) is 5.02 Å². The van der Waals surface area contributed by atoms with Crippen LogP contribution in [0.1, 0.15) is 23.7 Å². The monoisotopic (exact) mass is 345 g/mol. The number of carbonyl (C=O) groups excluding carboxylic acids is 2. The molecule has 6 nitrogen and oxygen atoms in total. The summed E-state index contributed by atoms with van der Waals surface area (Å²) in [7, 11) is 0. The zero-order chi connectivity index (χ0) is 17.5. The van der Waals surface area contributed by atoms with Gasteiger partial charge in [0.2, 0.25) is 5.91 Å². The summed E-state index contributed by atoms with van der Waals surface area (Å²) in [4.78, 5) is 28.2. The second-order valence-electron chi connectivity index (χ2n) is 4.85. The first kappa shape index (κ1) is 17.5. The van der Waals surface area contributed by atoms with E-state index in [0.29, 0.717) is 10.8 Å². The molecular formula is C17H16ClN3O3. The van der Waals surface area contributed by atoms with E-state index < -0.39 is 5.91 Å². The number of aromatic nitrogens is 1. The van der Waals surface area contributed by atoms with Crippen LogP contribution in [0.3, 0.4) is 0 Å². The maximum Gasteiger partial charge on any atom is 0.259 e. The predicted octanol–water partition coefficient (Wildman–Crippen LogP) is 3.60. The second kappa shape index (κ2) is 8.12. The first-order valence-electron chi connectivity index (χ1n) is 7.23. The molecule has 2 rings (SSSR count). The predicted molar refractivity (Wildman–Crippen MR) is 93.4 cm³/mol. The third kappa shape index (κ3) is 4.82. The maximum atomic E-state index is 12.4. The normalized spacial score (nSPS) is 10.6. The van der Waals surface area contributed by atoms with Crippen LogP contribution in [0.15, 0.2) is 48.7 Å². The molecule has 0 aliphatic heterocycles. The van der Waals surface area contributed by atoms with Gasteiger partial charge in [-0.3, -0.25) is 9.59 Å². The molecule has 0 saturated carbocycles. The Bertz CT molecular complexity index is 773. The summed E-state index contributed by atoms with van der Waals surface area (Å²) in [6.45, 7) is 1.91. The minimum Gasteiger partial charge on any atom is -0.508 e. The average molecular weight is 346 g/mol.